The zero-order chi connectivity index (χ0) is 22.1. The van der Waals surface area contributed by atoms with Gasteiger partial charge in [0.05, 0.1) is 28.5 Å². The molecule has 1 atom stereocenters. The molecular formula is C23H18BrClN2O3S. The minimum atomic E-state index is -0.641. The largest absolute Gasteiger partial charge is 0.463 e. The normalized spacial score (nSPS) is 16.1. The van der Waals surface area contributed by atoms with E-state index in [1.54, 1.807) is 30.5 Å². The molecule has 0 unspecified atom stereocenters. The average Bonchev–Trinajstić information content (AvgIpc) is 3.02. The molecule has 4 rings (SSSR count). The van der Waals surface area contributed by atoms with Crippen LogP contribution in [0, 0.1) is 0 Å². The Morgan fingerprint density at radius 3 is 2.71 bits per heavy atom. The van der Waals surface area contributed by atoms with Crippen molar-refractivity contribution in [1.29, 1.82) is 0 Å². The number of carbonyl (C=O) groups excluding carboxylic acids is 1. The molecule has 2 aromatic carbocycles. The van der Waals surface area contributed by atoms with Crippen molar-refractivity contribution < 1.29 is 9.53 Å². The third-order valence-electron chi connectivity index (χ3n) is 4.85. The molecule has 158 valence electrons. The third-order valence-corrected chi connectivity index (χ3v) is 6.58. The Kier molecular flexibility index (Phi) is 6.27. The van der Waals surface area contributed by atoms with Crippen molar-refractivity contribution in [2.24, 2.45) is 4.99 Å². The van der Waals surface area contributed by atoms with Crippen molar-refractivity contribution in [1.82, 2.24) is 4.57 Å². The van der Waals surface area contributed by atoms with E-state index in [1.165, 1.54) is 11.3 Å². The number of rotatable bonds is 4. The summed E-state index contributed by atoms with van der Waals surface area (Å²) in [7, 11) is 0. The van der Waals surface area contributed by atoms with Crippen molar-refractivity contribution in [2.75, 3.05) is 6.61 Å². The van der Waals surface area contributed by atoms with Crippen LogP contribution in [0.4, 0.5) is 0 Å². The molecule has 5 nitrogen and oxygen atoms in total. The summed E-state index contributed by atoms with van der Waals surface area (Å²) < 4.78 is 8.32. The van der Waals surface area contributed by atoms with Crippen LogP contribution in [-0.2, 0) is 9.53 Å². The lowest BCUT2D eigenvalue weighted by Gasteiger charge is -2.24. The third kappa shape index (κ3) is 4.31. The molecule has 0 saturated carbocycles. The van der Waals surface area contributed by atoms with Crippen LogP contribution >= 0.6 is 38.9 Å². The maximum atomic E-state index is 13.5. The van der Waals surface area contributed by atoms with Crippen molar-refractivity contribution in [2.45, 2.75) is 19.9 Å². The number of carbonyl (C=O) groups is 1. The Balaban J connectivity index is 1.96. The number of aromatic nitrogens is 1. The van der Waals surface area contributed by atoms with Gasteiger partial charge in [-0.05, 0) is 55.3 Å². The molecule has 1 aliphatic rings. The standard InChI is InChI=1S/C23H18BrClN2O3S/c1-3-30-22(29)19-13(2)26-23-27(20(19)15-7-9-17(25)10-8-15)21(28)18(31-23)12-14-5-4-6-16(24)11-14/h4-12,20H,3H2,1-2H3/b18-12-/t20-/m0/s1. The molecule has 1 aromatic heterocycles. The maximum Gasteiger partial charge on any atom is 0.338 e. The Hall–Kier alpha value is -2.48. The van der Waals surface area contributed by atoms with Gasteiger partial charge in [0.2, 0.25) is 0 Å². The van der Waals surface area contributed by atoms with Crippen LogP contribution < -0.4 is 14.9 Å². The number of ether oxygens (including phenoxy) is 1. The van der Waals surface area contributed by atoms with Crippen molar-refractivity contribution in [3.8, 4) is 0 Å². The number of hydrogen-bond acceptors (Lipinski definition) is 5. The predicted molar refractivity (Wildman–Crippen MR) is 126 cm³/mol. The molecule has 3 aromatic rings. The van der Waals surface area contributed by atoms with E-state index in [-0.39, 0.29) is 12.2 Å². The fourth-order valence-corrected chi connectivity index (χ4v) is 5.09. The lowest BCUT2D eigenvalue weighted by molar-refractivity contribution is -0.139. The van der Waals surface area contributed by atoms with E-state index in [1.807, 2.05) is 42.5 Å². The fourth-order valence-electron chi connectivity index (χ4n) is 3.50. The molecule has 0 aliphatic carbocycles. The van der Waals surface area contributed by atoms with Crippen LogP contribution in [0.3, 0.4) is 0 Å². The lowest BCUT2D eigenvalue weighted by atomic mass is 9.96. The summed E-state index contributed by atoms with van der Waals surface area (Å²) in [4.78, 5) is 31.4. The van der Waals surface area contributed by atoms with E-state index < -0.39 is 12.0 Å². The highest BCUT2D eigenvalue weighted by molar-refractivity contribution is 9.10. The molecule has 2 heterocycles. The van der Waals surface area contributed by atoms with Crippen LogP contribution in [0.5, 0.6) is 0 Å². The zero-order valence-electron chi connectivity index (χ0n) is 16.8. The SMILES string of the molecule is CCOC(=O)C1=C(C)N=c2s/c(=C\c3cccc(Br)c3)c(=O)n2[C@H]1c1ccc(Cl)cc1. The first-order valence-corrected chi connectivity index (χ1v) is 11.6. The molecule has 8 heteroatoms. The number of nitrogens with zero attached hydrogens (tertiary/aromatic N) is 2. The van der Waals surface area contributed by atoms with Crippen molar-refractivity contribution >= 4 is 50.9 Å². The number of fused-ring (bicyclic) bond motifs is 1. The summed E-state index contributed by atoms with van der Waals surface area (Å²) in [5, 5.41) is 0.573. The van der Waals surface area contributed by atoms with E-state index in [0.717, 1.165) is 15.6 Å². The summed E-state index contributed by atoms with van der Waals surface area (Å²) >= 11 is 10.8. The molecule has 0 saturated heterocycles. The molecule has 0 spiro atoms. The second-order valence-electron chi connectivity index (χ2n) is 6.91. The molecule has 0 bridgehead atoms. The second-order valence-corrected chi connectivity index (χ2v) is 9.27. The predicted octanol–water partition coefficient (Wildman–Crippen LogP) is 4.21. The Labute approximate surface area is 196 Å². The smallest absolute Gasteiger partial charge is 0.338 e. The lowest BCUT2D eigenvalue weighted by Crippen LogP contribution is -2.39. The van der Waals surface area contributed by atoms with Gasteiger partial charge in [-0.15, -0.1) is 0 Å². The Morgan fingerprint density at radius 2 is 2.03 bits per heavy atom. The average molecular weight is 518 g/mol. The van der Waals surface area contributed by atoms with E-state index in [2.05, 4.69) is 20.9 Å². The number of benzene rings is 2. The van der Waals surface area contributed by atoms with E-state index in [9.17, 15) is 9.59 Å². The van der Waals surface area contributed by atoms with Gasteiger partial charge in [-0.3, -0.25) is 9.36 Å². The molecule has 0 amide bonds. The first kappa shape index (κ1) is 21.7. The second kappa shape index (κ2) is 8.94. The number of thiazole rings is 1. The summed E-state index contributed by atoms with van der Waals surface area (Å²) in [6, 6.07) is 14.2. The molecule has 0 N–H and O–H groups in total. The Bertz CT molecular complexity index is 1370. The summed E-state index contributed by atoms with van der Waals surface area (Å²) in [5.74, 6) is -0.482. The van der Waals surface area contributed by atoms with Crippen LogP contribution in [0.15, 0.2) is 74.1 Å². The summed E-state index contributed by atoms with van der Waals surface area (Å²) in [5.41, 5.74) is 2.33. The van der Waals surface area contributed by atoms with Crippen LogP contribution in [-0.4, -0.2) is 17.1 Å². The van der Waals surface area contributed by atoms with E-state index >= 15 is 0 Å². The number of hydrogen-bond donors (Lipinski definition) is 0. The van der Waals surface area contributed by atoms with Crippen molar-refractivity contribution in [3.63, 3.8) is 0 Å². The molecule has 0 radical (unpaired) electrons. The summed E-state index contributed by atoms with van der Waals surface area (Å²) in [6.45, 7) is 3.75. The van der Waals surface area contributed by atoms with Gasteiger partial charge in [0.25, 0.3) is 5.56 Å². The maximum absolute atomic E-state index is 13.5. The van der Waals surface area contributed by atoms with Gasteiger partial charge in [0.15, 0.2) is 4.80 Å². The van der Waals surface area contributed by atoms with Gasteiger partial charge < -0.3 is 4.74 Å². The van der Waals surface area contributed by atoms with Crippen LogP contribution in [0.25, 0.3) is 6.08 Å². The quantitative estimate of drug-likeness (QED) is 0.487. The van der Waals surface area contributed by atoms with Gasteiger partial charge in [-0.2, -0.15) is 0 Å². The number of allylic oxidation sites excluding steroid dienone is 1. The van der Waals surface area contributed by atoms with Gasteiger partial charge >= 0.3 is 5.97 Å². The molecule has 31 heavy (non-hydrogen) atoms. The minimum Gasteiger partial charge on any atom is -0.463 e. The first-order valence-electron chi connectivity index (χ1n) is 9.59. The number of esters is 1. The first-order chi connectivity index (χ1) is 14.9. The summed E-state index contributed by atoms with van der Waals surface area (Å²) in [6.07, 6.45) is 1.83. The highest BCUT2D eigenvalue weighted by atomic mass is 79.9. The highest BCUT2D eigenvalue weighted by Gasteiger charge is 2.33. The van der Waals surface area contributed by atoms with Crippen LogP contribution in [0.1, 0.15) is 31.0 Å². The van der Waals surface area contributed by atoms with Gasteiger partial charge in [-0.25, -0.2) is 9.79 Å². The molecule has 1 aliphatic heterocycles. The van der Waals surface area contributed by atoms with Crippen LogP contribution in [0.2, 0.25) is 5.02 Å². The Morgan fingerprint density at radius 1 is 1.29 bits per heavy atom. The zero-order valence-corrected chi connectivity index (χ0v) is 19.9. The molecule has 0 fully saturated rings. The van der Waals surface area contributed by atoms with Gasteiger partial charge in [0.1, 0.15) is 0 Å². The monoisotopic (exact) mass is 516 g/mol. The fraction of sp³-hybridized carbons (Fsp3) is 0.174. The topological polar surface area (TPSA) is 60.7 Å². The van der Waals surface area contributed by atoms with Crippen molar-refractivity contribution in [3.05, 3.63) is 100 Å². The minimum absolute atomic E-state index is 0.210. The van der Waals surface area contributed by atoms with Gasteiger partial charge in [-0.1, -0.05) is 63.1 Å². The van der Waals surface area contributed by atoms with E-state index in [4.69, 9.17) is 16.3 Å². The van der Waals surface area contributed by atoms with E-state index in [0.29, 0.717) is 25.6 Å². The molecular weight excluding hydrogens is 500 g/mol. The number of halogens is 2. The highest BCUT2D eigenvalue weighted by Crippen LogP contribution is 2.31. The van der Waals surface area contributed by atoms with Gasteiger partial charge in [0, 0.05) is 9.50 Å².